The largest absolute Gasteiger partial charge is 0.462 e. The van der Waals surface area contributed by atoms with Crippen LogP contribution >= 0.6 is 11.3 Å². The molecule has 2 aromatic heterocycles. The van der Waals surface area contributed by atoms with Crippen molar-refractivity contribution in [2.24, 2.45) is 0 Å². The Balaban J connectivity index is 1.74. The molecule has 6 heteroatoms. The number of esters is 1. The fraction of sp³-hybridized carbons (Fsp3) is 0.269. The SMILES string of the molecule is CCCc1nc2c(C)sc(C(=O)OCC)c2n1Cc1ccc(-c2ccccc2C#N)cc1. The van der Waals surface area contributed by atoms with Gasteiger partial charge < -0.3 is 9.30 Å². The highest BCUT2D eigenvalue weighted by molar-refractivity contribution is 7.15. The third-order valence-corrected chi connectivity index (χ3v) is 6.50. The monoisotopic (exact) mass is 443 g/mol. The van der Waals surface area contributed by atoms with Crippen molar-refractivity contribution in [3.05, 3.63) is 75.2 Å². The van der Waals surface area contributed by atoms with Gasteiger partial charge in [-0.25, -0.2) is 9.78 Å². The molecule has 4 rings (SSSR count). The quantitative estimate of drug-likeness (QED) is 0.323. The van der Waals surface area contributed by atoms with Crippen molar-refractivity contribution in [2.45, 2.75) is 40.2 Å². The van der Waals surface area contributed by atoms with Gasteiger partial charge in [-0.05, 0) is 43.0 Å². The van der Waals surface area contributed by atoms with E-state index in [0.29, 0.717) is 23.6 Å². The van der Waals surface area contributed by atoms with Crippen LogP contribution in [0.4, 0.5) is 0 Å². The Kier molecular flexibility index (Phi) is 6.38. The Morgan fingerprint density at radius 1 is 1.16 bits per heavy atom. The van der Waals surface area contributed by atoms with Crippen molar-refractivity contribution in [1.82, 2.24) is 9.55 Å². The Labute approximate surface area is 191 Å². The first-order valence-corrected chi connectivity index (χ1v) is 11.6. The summed E-state index contributed by atoms with van der Waals surface area (Å²) in [7, 11) is 0. The summed E-state index contributed by atoms with van der Waals surface area (Å²) in [5.74, 6) is 0.695. The highest BCUT2D eigenvalue weighted by Crippen LogP contribution is 2.33. The zero-order valence-electron chi connectivity index (χ0n) is 18.5. The molecule has 2 heterocycles. The van der Waals surface area contributed by atoms with Gasteiger partial charge in [-0.1, -0.05) is 49.4 Å². The number of hydrogen-bond acceptors (Lipinski definition) is 5. The molecule has 0 aliphatic carbocycles. The van der Waals surface area contributed by atoms with E-state index in [9.17, 15) is 10.1 Å². The van der Waals surface area contributed by atoms with Crippen LogP contribution in [0.25, 0.3) is 22.2 Å². The molecule has 0 N–H and O–H groups in total. The highest BCUT2D eigenvalue weighted by Gasteiger charge is 2.24. The summed E-state index contributed by atoms with van der Waals surface area (Å²) < 4.78 is 7.47. The van der Waals surface area contributed by atoms with Crippen molar-refractivity contribution in [1.29, 1.82) is 5.26 Å². The second-order valence-electron chi connectivity index (χ2n) is 7.62. The molecule has 5 nitrogen and oxygen atoms in total. The van der Waals surface area contributed by atoms with E-state index < -0.39 is 0 Å². The minimum absolute atomic E-state index is 0.289. The average molecular weight is 444 g/mol. The lowest BCUT2D eigenvalue weighted by Crippen LogP contribution is -2.09. The fourth-order valence-electron chi connectivity index (χ4n) is 3.95. The third kappa shape index (κ3) is 4.04. The molecule has 0 atom stereocenters. The van der Waals surface area contributed by atoms with Crippen molar-refractivity contribution in [3.63, 3.8) is 0 Å². The predicted octanol–water partition coefficient (Wildman–Crippen LogP) is 6.12. The number of benzene rings is 2. The lowest BCUT2D eigenvalue weighted by Gasteiger charge is -2.11. The molecule has 0 radical (unpaired) electrons. The number of aryl methyl sites for hydroxylation is 2. The molecule has 0 saturated carbocycles. The first kappa shape index (κ1) is 21.8. The van der Waals surface area contributed by atoms with Crippen LogP contribution in [0.5, 0.6) is 0 Å². The summed E-state index contributed by atoms with van der Waals surface area (Å²) >= 11 is 1.45. The second kappa shape index (κ2) is 9.37. The normalized spacial score (nSPS) is 10.9. The highest BCUT2D eigenvalue weighted by atomic mass is 32.1. The van der Waals surface area contributed by atoms with Gasteiger partial charge >= 0.3 is 5.97 Å². The van der Waals surface area contributed by atoms with E-state index in [1.165, 1.54) is 11.3 Å². The topological polar surface area (TPSA) is 67.9 Å². The predicted molar refractivity (Wildman–Crippen MR) is 128 cm³/mol. The number of hydrogen-bond donors (Lipinski definition) is 0. The number of imidazole rings is 1. The maximum absolute atomic E-state index is 12.6. The maximum Gasteiger partial charge on any atom is 0.350 e. The van der Waals surface area contributed by atoms with Crippen molar-refractivity contribution in [2.75, 3.05) is 6.61 Å². The van der Waals surface area contributed by atoms with Gasteiger partial charge in [0.15, 0.2) is 0 Å². The van der Waals surface area contributed by atoms with Crippen molar-refractivity contribution < 1.29 is 9.53 Å². The first-order chi connectivity index (χ1) is 15.6. The molecule has 0 aliphatic heterocycles. The van der Waals surface area contributed by atoms with Gasteiger partial charge in [0.25, 0.3) is 0 Å². The summed E-state index contributed by atoms with van der Waals surface area (Å²) in [6.07, 6.45) is 1.81. The standard InChI is InChI=1S/C26H25N3O2S/c1-4-8-22-28-23-17(3)32-25(26(30)31-5-2)24(23)29(22)16-18-11-13-19(14-12-18)21-10-7-6-9-20(21)15-27/h6-7,9-14H,4-5,8,16H2,1-3H3. The van der Waals surface area contributed by atoms with Gasteiger partial charge in [0.2, 0.25) is 0 Å². The summed E-state index contributed by atoms with van der Waals surface area (Å²) in [5.41, 5.74) is 5.47. The number of aromatic nitrogens is 2. The number of rotatable bonds is 7. The lowest BCUT2D eigenvalue weighted by molar-refractivity contribution is 0.0533. The number of nitrogens with zero attached hydrogens (tertiary/aromatic N) is 3. The molecule has 2 aromatic carbocycles. The van der Waals surface area contributed by atoms with Gasteiger partial charge in [0.1, 0.15) is 16.2 Å². The van der Waals surface area contributed by atoms with Crippen LogP contribution in [0.1, 0.15) is 51.8 Å². The van der Waals surface area contributed by atoms with Crippen molar-refractivity contribution in [3.8, 4) is 17.2 Å². The molecule has 0 aliphatic rings. The smallest absolute Gasteiger partial charge is 0.350 e. The van der Waals surface area contributed by atoms with E-state index in [4.69, 9.17) is 9.72 Å². The molecule has 0 spiro atoms. The summed E-state index contributed by atoms with van der Waals surface area (Å²) in [4.78, 5) is 19.2. The Morgan fingerprint density at radius 2 is 1.91 bits per heavy atom. The number of nitriles is 1. The number of carbonyl (C=O) groups is 1. The first-order valence-electron chi connectivity index (χ1n) is 10.8. The van der Waals surface area contributed by atoms with Crippen LogP contribution in [0, 0.1) is 18.3 Å². The third-order valence-electron chi connectivity index (χ3n) is 5.44. The summed E-state index contributed by atoms with van der Waals surface area (Å²) in [5, 5.41) is 9.40. The van der Waals surface area contributed by atoms with E-state index in [2.05, 4.69) is 29.7 Å². The van der Waals surface area contributed by atoms with E-state index in [1.54, 1.807) is 0 Å². The molecular formula is C26H25N3O2S. The number of thiophene rings is 1. The Bertz CT molecular complexity index is 1310. The van der Waals surface area contributed by atoms with Crippen molar-refractivity contribution >= 4 is 28.3 Å². The molecular weight excluding hydrogens is 418 g/mol. The van der Waals surface area contributed by atoms with Gasteiger partial charge in [-0.15, -0.1) is 11.3 Å². The van der Waals surface area contributed by atoms with Crippen LogP contribution in [0.3, 0.4) is 0 Å². The van der Waals surface area contributed by atoms with E-state index >= 15 is 0 Å². The zero-order valence-corrected chi connectivity index (χ0v) is 19.3. The minimum Gasteiger partial charge on any atom is -0.462 e. The second-order valence-corrected chi connectivity index (χ2v) is 8.85. The van der Waals surface area contributed by atoms with Gasteiger partial charge in [0, 0.05) is 17.8 Å². The minimum atomic E-state index is -0.289. The molecule has 162 valence electrons. The number of ether oxygens (including phenoxy) is 1. The number of fused-ring (bicyclic) bond motifs is 1. The molecule has 4 aromatic rings. The Morgan fingerprint density at radius 3 is 2.59 bits per heavy atom. The molecule has 0 unspecified atom stereocenters. The maximum atomic E-state index is 12.6. The van der Waals surface area contributed by atoms with E-state index in [-0.39, 0.29) is 5.97 Å². The van der Waals surface area contributed by atoms with Crippen LogP contribution in [0.2, 0.25) is 0 Å². The van der Waals surface area contributed by atoms with E-state index in [1.807, 2.05) is 50.2 Å². The average Bonchev–Trinajstić information content (AvgIpc) is 3.32. The molecule has 0 saturated heterocycles. The molecule has 0 bridgehead atoms. The van der Waals surface area contributed by atoms with Crippen LogP contribution in [-0.2, 0) is 17.7 Å². The van der Waals surface area contributed by atoms with Crippen LogP contribution in [-0.4, -0.2) is 22.1 Å². The number of carbonyl (C=O) groups excluding carboxylic acids is 1. The molecule has 0 amide bonds. The zero-order chi connectivity index (χ0) is 22.7. The molecule has 0 fully saturated rings. The Hall–Kier alpha value is -3.43. The van der Waals surface area contributed by atoms with Gasteiger partial charge in [-0.3, -0.25) is 0 Å². The van der Waals surface area contributed by atoms with Crippen LogP contribution < -0.4 is 0 Å². The van der Waals surface area contributed by atoms with Crippen LogP contribution in [0.15, 0.2) is 48.5 Å². The van der Waals surface area contributed by atoms with Gasteiger partial charge in [-0.2, -0.15) is 5.26 Å². The summed E-state index contributed by atoms with van der Waals surface area (Å²) in [6, 6.07) is 18.1. The molecule has 32 heavy (non-hydrogen) atoms. The fourth-order valence-corrected chi connectivity index (χ4v) is 4.94. The van der Waals surface area contributed by atoms with Gasteiger partial charge in [0.05, 0.1) is 23.8 Å². The van der Waals surface area contributed by atoms with E-state index in [0.717, 1.165) is 51.3 Å². The lowest BCUT2D eigenvalue weighted by atomic mass is 9.99. The summed E-state index contributed by atoms with van der Waals surface area (Å²) in [6.45, 7) is 6.92.